The van der Waals surface area contributed by atoms with Gasteiger partial charge in [0.2, 0.25) is 5.89 Å². The van der Waals surface area contributed by atoms with Crippen LogP contribution in [0.5, 0.6) is 0 Å². The first kappa shape index (κ1) is 17.7. The number of benzene rings is 1. The van der Waals surface area contributed by atoms with Gasteiger partial charge in [-0.1, -0.05) is 41.6 Å². The highest BCUT2D eigenvalue weighted by Gasteiger charge is 2.55. The average molecular weight is 408 g/mol. The van der Waals surface area contributed by atoms with Gasteiger partial charge >= 0.3 is 0 Å². The van der Waals surface area contributed by atoms with Crippen LogP contribution in [0.3, 0.4) is 0 Å². The molecule has 0 radical (unpaired) electrons. The van der Waals surface area contributed by atoms with Crippen molar-refractivity contribution in [2.24, 2.45) is 11.8 Å². The van der Waals surface area contributed by atoms with E-state index in [4.69, 9.17) is 9.78 Å². The lowest BCUT2D eigenvalue weighted by molar-refractivity contribution is 0.364. The van der Waals surface area contributed by atoms with Gasteiger partial charge in [0.15, 0.2) is 11.5 Å². The van der Waals surface area contributed by atoms with E-state index in [2.05, 4.69) is 50.5 Å². The summed E-state index contributed by atoms with van der Waals surface area (Å²) in [4.78, 5) is 25.5. The molecular formula is C23H16N6O2. The number of hydrogen-bond donors (Lipinski definition) is 0. The van der Waals surface area contributed by atoms with Crippen molar-refractivity contribution in [1.82, 2.24) is 24.7 Å². The summed E-state index contributed by atoms with van der Waals surface area (Å²) < 4.78 is 6.83. The lowest BCUT2D eigenvalue weighted by Crippen LogP contribution is -2.21. The van der Waals surface area contributed by atoms with Crippen LogP contribution in [0.4, 0.5) is 0 Å². The van der Waals surface area contributed by atoms with Gasteiger partial charge in [-0.05, 0) is 41.5 Å². The third-order valence-corrected chi connectivity index (χ3v) is 6.11. The SMILES string of the molecule is N#Cc1ccc2c(=O)n(Cc3nc(C4C5C=C(c6ccccc6)C[C@H]54)no3)cnc2n1. The molecule has 0 bridgehead atoms. The highest BCUT2D eigenvalue weighted by atomic mass is 16.5. The zero-order chi connectivity index (χ0) is 20.9. The molecule has 0 amide bonds. The quantitative estimate of drug-likeness (QED) is 0.510. The van der Waals surface area contributed by atoms with Crippen molar-refractivity contribution in [2.75, 3.05) is 0 Å². The lowest BCUT2D eigenvalue weighted by atomic mass is 10.0. The van der Waals surface area contributed by atoms with Crippen molar-refractivity contribution in [1.29, 1.82) is 5.26 Å². The van der Waals surface area contributed by atoms with E-state index in [1.807, 2.05) is 12.1 Å². The fraction of sp³-hybridized carbons (Fsp3) is 0.217. The van der Waals surface area contributed by atoms with E-state index in [1.165, 1.54) is 28.1 Å². The van der Waals surface area contributed by atoms with E-state index >= 15 is 0 Å². The molecule has 0 aliphatic heterocycles. The highest BCUT2D eigenvalue weighted by molar-refractivity contribution is 5.73. The molecule has 150 valence electrons. The molecule has 3 heterocycles. The molecule has 4 aromatic rings. The zero-order valence-corrected chi connectivity index (χ0v) is 16.3. The van der Waals surface area contributed by atoms with Crippen molar-refractivity contribution >= 4 is 16.6 Å². The zero-order valence-electron chi connectivity index (χ0n) is 16.3. The summed E-state index contributed by atoms with van der Waals surface area (Å²) in [5.74, 6) is 2.33. The first-order chi connectivity index (χ1) is 15.2. The minimum absolute atomic E-state index is 0.141. The van der Waals surface area contributed by atoms with E-state index in [0.29, 0.717) is 28.9 Å². The van der Waals surface area contributed by atoms with Crippen LogP contribution in [0.1, 0.15) is 35.3 Å². The molecule has 1 fully saturated rings. The van der Waals surface area contributed by atoms with Crippen LogP contribution in [0, 0.1) is 23.2 Å². The standard InChI is InChI=1S/C23H16N6O2/c24-10-15-6-7-16-21(26-15)25-12-29(23(16)30)11-19-27-22(28-31-19)20-17-8-14(9-18(17)20)13-4-2-1-3-5-13/h1-8,12,17-18,20H,9,11H2/t17?,18-,20?/m1/s1. The van der Waals surface area contributed by atoms with Gasteiger partial charge < -0.3 is 4.52 Å². The number of nitrogens with zero attached hydrogens (tertiary/aromatic N) is 6. The minimum atomic E-state index is -0.263. The Morgan fingerprint density at radius 1 is 1.16 bits per heavy atom. The molecule has 3 atom stereocenters. The van der Waals surface area contributed by atoms with E-state index in [9.17, 15) is 4.79 Å². The summed E-state index contributed by atoms with van der Waals surface area (Å²) in [6.45, 7) is 0.141. The summed E-state index contributed by atoms with van der Waals surface area (Å²) in [7, 11) is 0. The lowest BCUT2D eigenvalue weighted by Gasteiger charge is -2.05. The molecular weight excluding hydrogens is 392 g/mol. The first-order valence-electron chi connectivity index (χ1n) is 10.1. The molecule has 1 aromatic carbocycles. The molecule has 31 heavy (non-hydrogen) atoms. The van der Waals surface area contributed by atoms with E-state index in [1.54, 1.807) is 6.07 Å². The van der Waals surface area contributed by atoms with E-state index in [-0.39, 0.29) is 29.4 Å². The highest BCUT2D eigenvalue weighted by Crippen LogP contribution is 2.62. The molecule has 0 N–H and O–H groups in total. The van der Waals surface area contributed by atoms with Crippen LogP contribution >= 0.6 is 0 Å². The van der Waals surface area contributed by atoms with Gasteiger partial charge in [-0.2, -0.15) is 10.2 Å². The second-order valence-electron chi connectivity index (χ2n) is 7.93. The molecule has 8 heteroatoms. The molecule has 0 saturated heterocycles. The topological polar surface area (TPSA) is 110 Å². The average Bonchev–Trinajstić information content (AvgIpc) is 3.14. The van der Waals surface area contributed by atoms with Gasteiger partial charge in [0.1, 0.15) is 24.6 Å². The summed E-state index contributed by atoms with van der Waals surface area (Å²) in [5.41, 5.74) is 2.87. The largest absolute Gasteiger partial charge is 0.337 e. The number of rotatable bonds is 4. The molecule has 2 unspecified atom stereocenters. The molecule has 3 aromatic heterocycles. The number of fused-ring (bicyclic) bond motifs is 2. The summed E-state index contributed by atoms with van der Waals surface area (Å²) in [6, 6.07) is 15.4. The predicted molar refractivity (Wildman–Crippen MR) is 111 cm³/mol. The van der Waals surface area contributed by atoms with Crippen molar-refractivity contribution in [3.05, 3.63) is 88.2 Å². The van der Waals surface area contributed by atoms with Gasteiger partial charge in [-0.15, -0.1) is 0 Å². The molecule has 1 saturated carbocycles. The third kappa shape index (κ3) is 2.94. The summed E-state index contributed by atoms with van der Waals surface area (Å²) >= 11 is 0. The molecule has 0 spiro atoms. The maximum absolute atomic E-state index is 12.7. The second-order valence-corrected chi connectivity index (χ2v) is 7.93. The van der Waals surface area contributed by atoms with Crippen molar-refractivity contribution < 1.29 is 4.52 Å². The van der Waals surface area contributed by atoms with Gasteiger partial charge in [-0.25, -0.2) is 9.97 Å². The Balaban J connectivity index is 1.21. The van der Waals surface area contributed by atoms with Crippen LogP contribution in [0.2, 0.25) is 0 Å². The fourth-order valence-electron chi connectivity index (χ4n) is 4.51. The van der Waals surface area contributed by atoms with Gasteiger partial charge in [0, 0.05) is 5.92 Å². The minimum Gasteiger partial charge on any atom is -0.337 e. The van der Waals surface area contributed by atoms with Crippen LogP contribution in [-0.4, -0.2) is 24.7 Å². The van der Waals surface area contributed by atoms with Crippen molar-refractivity contribution in [3.63, 3.8) is 0 Å². The molecule has 2 aliphatic carbocycles. The van der Waals surface area contributed by atoms with Gasteiger partial charge in [0.05, 0.1) is 5.39 Å². The number of allylic oxidation sites excluding steroid dienone is 2. The molecule has 6 rings (SSSR count). The number of aromatic nitrogens is 5. The van der Waals surface area contributed by atoms with Crippen molar-refractivity contribution in [3.8, 4) is 6.07 Å². The fourth-order valence-corrected chi connectivity index (χ4v) is 4.51. The monoisotopic (exact) mass is 408 g/mol. The Hall–Kier alpha value is -4.12. The van der Waals surface area contributed by atoms with Crippen LogP contribution in [-0.2, 0) is 6.54 Å². The normalized spacial score (nSPS) is 21.5. The van der Waals surface area contributed by atoms with Gasteiger partial charge in [-0.3, -0.25) is 9.36 Å². The van der Waals surface area contributed by atoms with Crippen LogP contribution in [0.25, 0.3) is 16.6 Å². The Bertz CT molecular complexity index is 1450. The Labute approximate surface area is 176 Å². The number of hydrogen-bond acceptors (Lipinski definition) is 7. The number of nitriles is 1. The molecule has 2 aliphatic rings. The second kappa shape index (κ2) is 6.71. The van der Waals surface area contributed by atoms with E-state index in [0.717, 1.165) is 6.42 Å². The maximum atomic E-state index is 12.7. The third-order valence-electron chi connectivity index (χ3n) is 6.11. The first-order valence-corrected chi connectivity index (χ1v) is 10.1. The summed E-state index contributed by atoms with van der Waals surface area (Å²) in [6.07, 6.45) is 4.75. The summed E-state index contributed by atoms with van der Waals surface area (Å²) in [5, 5.41) is 13.5. The van der Waals surface area contributed by atoms with Crippen LogP contribution < -0.4 is 5.56 Å². The number of pyridine rings is 1. The van der Waals surface area contributed by atoms with Gasteiger partial charge in [0.25, 0.3) is 5.56 Å². The van der Waals surface area contributed by atoms with Crippen LogP contribution in [0.15, 0.2) is 64.2 Å². The van der Waals surface area contributed by atoms with Crippen molar-refractivity contribution in [2.45, 2.75) is 18.9 Å². The molecule has 8 nitrogen and oxygen atoms in total. The smallest absolute Gasteiger partial charge is 0.263 e. The van der Waals surface area contributed by atoms with E-state index < -0.39 is 0 Å². The Morgan fingerprint density at radius 2 is 2.03 bits per heavy atom. The maximum Gasteiger partial charge on any atom is 0.263 e. The predicted octanol–water partition coefficient (Wildman–Crippen LogP) is 2.91. The Kier molecular flexibility index (Phi) is 3.83. The Morgan fingerprint density at radius 3 is 2.81 bits per heavy atom.